The van der Waals surface area contributed by atoms with Gasteiger partial charge in [0.1, 0.15) is 5.84 Å². The summed E-state index contributed by atoms with van der Waals surface area (Å²) in [5.74, 6) is 0.559. The quantitative estimate of drug-likeness (QED) is 0.376. The zero-order chi connectivity index (χ0) is 12.8. The van der Waals surface area contributed by atoms with Gasteiger partial charge < -0.3 is 0 Å². The number of amidine groups is 1. The van der Waals surface area contributed by atoms with Gasteiger partial charge in [-0.1, -0.05) is 42.5 Å². The van der Waals surface area contributed by atoms with E-state index in [4.69, 9.17) is 5.26 Å². The highest BCUT2D eigenvalue weighted by atomic mass is 15.0. The molecule has 0 heterocycles. The third kappa shape index (κ3) is 2.96. The molecule has 3 nitrogen and oxygen atoms in total. The molecule has 0 bridgehead atoms. The molecule has 88 valence electrons. The Hall–Kier alpha value is -2.60. The van der Waals surface area contributed by atoms with E-state index in [9.17, 15) is 0 Å². The molecule has 0 saturated heterocycles. The Morgan fingerprint density at radius 2 is 1.89 bits per heavy atom. The molecule has 2 rings (SSSR count). The Bertz CT molecular complexity index is 595. The van der Waals surface area contributed by atoms with E-state index in [0.717, 1.165) is 16.8 Å². The summed E-state index contributed by atoms with van der Waals surface area (Å²) < 4.78 is 0. The lowest BCUT2D eigenvalue weighted by molar-refractivity contribution is 1.24. The Morgan fingerprint density at radius 1 is 1.11 bits per heavy atom. The van der Waals surface area contributed by atoms with Crippen molar-refractivity contribution in [3.63, 3.8) is 0 Å². The van der Waals surface area contributed by atoms with Crippen molar-refractivity contribution < 1.29 is 0 Å². The molecule has 0 aliphatic rings. The molecule has 0 aliphatic heterocycles. The lowest BCUT2D eigenvalue weighted by Crippen LogP contribution is -2.18. The smallest absolute Gasteiger partial charge is 0.182 e. The second-order valence-corrected chi connectivity index (χ2v) is 3.90. The van der Waals surface area contributed by atoms with Crippen LogP contribution in [0.3, 0.4) is 0 Å². The van der Waals surface area contributed by atoms with Gasteiger partial charge in [0.2, 0.25) is 0 Å². The van der Waals surface area contributed by atoms with Crippen LogP contribution < -0.4 is 5.32 Å². The SMILES string of the molecule is Cc1cccc(N=C(NC#N)c2ccccc2)c1. The van der Waals surface area contributed by atoms with Crippen LogP contribution in [0, 0.1) is 18.4 Å². The summed E-state index contributed by atoms with van der Waals surface area (Å²) in [4.78, 5) is 4.46. The third-order valence-corrected chi connectivity index (χ3v) is 2.46. The monoisotopic (exact) mass is 235 g/mol. The van der Waals surface area contributed by atoms with Crippen molar-refractivity contribution in [2.45, 2.75) is 6.92 Å². The first-order valence-corrected chi connectivity index (χ1v) is 5.65. The van der Waals surface area contributed by atoms with Crippen LogP contribution in [0.25, 0.3) is 0 Å². The van der Waals surface area contributed by atoms with Gasteiger partial charge >= 0.3 is 0 Å². The molecule has 1 N–H and O–H groups in total. The van der Waals surface area contributed by atoms with Crippen LogP contribution in [0.15, 0.2) is 59.6 Å². The first-order valence-electron chi connectivity index (χ1n) is 5.65. The number of benzene rings is 2. The zero-order valence-corrected chi connectivity index (χ0v) is 10.1. The highest BCUT2D eigenvalue weighted by Crippen LogP contribution is 2.15. The maximum Gasteiger partial charge on any atom is 0.182 e. The van der Waals surface area contributed by atoms with E-state index in [1.54, 1.807) is 0 Å². The highest BCUT2D eigenvalue weighted by molar-refractivity contribution is 6.01. The van der Waals surface area contributed by atoms with Gasteiger partial charge in [0.25, 0.3) is 0 Å². The molecule has 0 spiro atoms. The van der Waals surface area contributed by atoms with Crippen molar-refractivity contribution >= 4 is 11.5 Å². The number of nitrogens with zero attached hydrogens (tertiary/aromatic N) is 2. The number of rotatable bonds is 2. The Balaban J connectivity index is 2.40. The summed E-state index contributed by atoms with van der Waals surface area (Å²) in [6.45, 7) is 2.01. The van der Waals surface area contributed by atoms with Gasteiger partial charge in [-0.05, 0) is 24.6 Å². The fourth-order valence-corrected chi connectivity index (χ4v) is 1.64. The lowest BCUT2D eigenvalue weighted by Gasteiger charge is -2.04. The average molecular weight is 235 g/mol. The standard InChI is InChI=1S/C15H13N3/c1-12-6-5-9-14(10-12)18-15(17-11-16)13-7-3-2-4-8-13/h2-10H,1H3,(H,17,18). The Morgan fingerprint density at radius 3 is 2.56 bits per heavy atom. The number of aryl methyl sites for hydroxylation is 1. The second-order valence-electron chi connectivity index (χ2n) is 3.90. The molecule has 2 aromatic rings. The van der Waals surface area contributed by atoms with Gasteiger partial charge in [-0.25, -0.2) is 4.99 Å². The van der Waals surface area contributed by atoms with Crippen LogP contribution in [-0.4, -0.2) is 5.84 Å². The molecule has 0 unspecified atom stereocenters. The van der Waals surface area contributed by atoms with Crippen LogP contribution in [0.5, 0.6) is 0 Å². The molecule has 3 heteroatoms. The van der Waals surface area contributed by atoms with E-state index >= 15 is 0 Å². The molecule has 0 aromatic heterocycles. The van der Waals surface area contributed by atoms with Gasteiger partial charge in [0.05, 0.1) is 5.69 Å². The molecule has 0 atom stereocenters. The van der Waals surface area contributed by atoms with E-state index in [1.807, 2.05) is 67.7 Å². The second kappa shape index (κ2) is 5.65. The average Bonchev–Trinajstić information content (AvgIpc) is 2.39. The van der Waals surface area contributed by atoms with Crippen molar-refractivity contribution in [1.82, 2.24) is 5.32 Å². The molecule has 0 fully saturated rings. The van der Waals surface area contributed by atoms with Gasteiger partial charge in [-0.3, -0.25) is 5.32 Å². The van der Waals surface area contributed by atoms with E-state index in [2.05, 4.69) is 10.3 Å². The first-order chi connectivity index (χ1) is 8.79. The van der Waals surface area contributed by atoms with Crippen LogP contribution in [0.1, 0.15) is 11.1 Å². The zero-order valence-electron chi connectivity index (χ0n) is 10.1. The maximum atomic E-state index is 8.79. The predicted octanol–water partition coefficient (Wildman–Crippen LogP) is 3.14. The molecule has 0 saturated carbocycles. The van der Waals surface area contributed by atoms with Crippen LogP contribution in [0.2, 0.25) is 0 Å². The summed E-state index contributed by atoms with van der Waals surface area (Å²) in [7, 11) is 0. The maximum absolute atomic E-state index is 8.79. The van der Waals surface area contributed by atoms with Crippen molar-refractivity contribution in [2.75, 3.05) is 0 Å². The van der Waals surface area contributed by atoms with E-state index < -0.39 is 0 Å². The fraction of sp³-hybridized carbons (Fsp3) is 0.0667. The fourth-order valence-electron chi connectivity index (χ4n) is 1.64. The molecule has 2 aromatic carbocycles. The summed E-state index contributed by atoms with van der Waals surface area (Å²) in [6, 6.07) is 17.4. The lowest BCUT2D eigenvalue weighted by atomic mass is 10.2. The van der Waals surface area contributed by atoms with Crippen LogP contribution >= 0.6 is 0 Å². The molecule has 18 heavy (non-hydrogen) atoms. The minimum Gasteiger partial charge on any atom is -0.276 e. The Labute approximate surface area is 106 Å². The number of hydrogen-bond acceptors (Lipinski definition) is 2. The van der Waals surface area contributed by atoms with Gasteiger partial charge in [0.15, 0.2) is 6.19 Å². The summed E-state index contributed by atoms with van der Waals surface area (Å²) in [5, 5.41) is 11.4. The summed E-state index contributed by atoms with van der Waals surface area (Å²) >= 11 is 0. The van der Waals surface area contributed by atoms with E-state index in [0.29, 0.717) is 5.84 Å². The van der Waals surface area contributed by atoms with Crippen LogP contribution in [-0.2, 0) is 0 Å². The topological polar surface area (TPSA) is 48.2 Å². The van der Waals surface area contributed by atoms with E-state index in [1.165, 1.54) is 0 Å². The molecule has 0 amide bonds. The van der Waals surface area contributed by atoms with Crippen LogP contribution in [0.4, 0.5) is 5.69 Å². The number of nitriles is 1. The van der Waals surface area contributed by atoms with E-state index in [-0.39, 0.29) is 0 Å². The van der Waals surface area contributed by atoms with Gasteiger partial charge in [-0.15, -0.1) is 0 Å². The van der Waals surface area contributed by atoms with Gasteiger partial charge in [-0.2, -0.15) is 5.26 Å². The van der Waals surface area contributed by atoms with Crippen molar-refractivity contribution in [2.24, 2.45) is 4.99 Å². The highest BCUT2D eigenvalue weighted by Gasteiger charge is 2.02. The molecule has 0 radical (unpaired) electrons. The minimum absolute atomic E-state index is 0.559. The van der Waals surface area contributed by atoms with Crippen molar-refractivity contribution in [1.29, 1.82) is 5.26 Å². The molecule has 0 aliphatic carbocycles. The largest absolute Gasteiger partial charge is 0.276 e. The summed E-state index contributed by atoms with van der Waals surface area (Å²) in [6.07, 6.45) is 1.92. The van der Waals surface area contributed by atoms with Crippen molar-refractivity contribution in [3.8, 4) is 6.19 Å². The summed E-state index contributed by atoms with van der Waals surface area (Å²) in [5.41, 5.74) is 2.86. The Kier molecular flexibility index (Phi) is 3.72. The predicted molar refractivity (Wildman–Crippen MR) is 72.6 cm³/mol. The normalized spacial score (nSPS) is 10.8. The first kappa shape index (κ1) is 11.9. The molecular formula is C15H13N3. The minimum atomic E-state index is 0.559. The molecular weight excluding hydrogens is 222 g/mol. The van der Waals surface area contributed by atoms with Crippen molar-refractivity contribution in [3.05, 3.63) is 65.7 Å². The number of aliphatic imine (C=N–C) groups is 1. The van der Waals surface area contributed by atoms with Gasteiger partial charge in [0, 0.05) is 5.56 Å². The number of hydrogen-bond donors (Lipinski definition) is 1. The third-order valence-electron chi connectivity index (χ3n) is 2.46. The number of nitrogens with one attached hydrogen (secondary N) is 1.